The molecule has 0 aliphatic rings. The van der Waals surface area contributed by atoms with E-state index in [0.29, 0.717) is 34.1 Å². The SMILES string of the molecule is CN(CC(=O)Nc1ccccc1Cl)Cc1nnc(-c2ccc(Cl)cc2)o1. The molecule has 0 spiro atoms. The molecule has 1 N–H and O–H groups in total. The standard InChI is InChI=1S/C18H16Cl2N4O2/c1-24(10-16(25)21-15-5-3-2-4-14(15)20)11-17-22-23-18(26-17)12-6-8-13(19)9-7-12/h2-9H,10-11H2,1H3,(H,21,25). The Bertz CT molecular complexity index is 896. The molecular weight excluding hydrogens is 375 g/mol. The van der Waals surface area contributed by atoms with Crippen molar-refractivity contribution < 1.29 is 9.21 Å². The number of amides is 1. The molecule has 1 heterocycles. The number of rotatable bonds is 6. The molecule has 0 atom stereocenters. The van der Waals surface area contributed by atoms with Gasteiger partial charge < -0.3 is 9.73 Å². The third kappa shape index (κ3) is 4.82. The number of nitrogens with zero attached hydrogens (tertiary/aromatic N) is 3. The number of carbonyl (C=O) groups excluding carboxylic acids is 1. The number of hydrogen-bond acceptors (Lipinski definition) is 5. The molecule has 1 aromatic heterocycles. The number of nitrogens with one attached hydrogen (secondary N) is 1. The van der Waals surface area contributed by atoms with Crippen LogP contribution >= 0.6 is 23.2 Å². The summed E-state index contributed by atoms with van der Waals surface area (Å²) in [5.74, 6) is 0.645. The van der Waals surface area contributed by atoms with Crippen LogP contribution in [0.5, 0.6) is 0 Å². The third-order valence-electron chi connectivity index (χ3n) is 3.52. The largest absolute Gasteiger partial charge is 0.419 e. The van der Waals surface area contributed by atoms with Crippen LogP contribution in [0.1, 0.15) is 5.89 Å². The monoisotopic (exact) mass is 390 g/mol. The molecule has 0 aliphatic carbocycles. The van der Waals surface area contributed by atoms with Crippen molar-refractivity contribution in [3.05, 3.63) is 64.5 Å². The number of carbonyl (C=O) groups is 1. The van der Waals surface area contributed by atoms with E-state index in [2.05, 4.69) is 15.5 Å². The molecule has 0 radical (unpaired) electrons. The Kier molecular flexibility index (Phi) is 5.88. The molecule has 3 rings (SSSR count). The van der Waals surface area contributed by atoms with Gasteiger partial charge in [0.2, 0.25) is 17.7 Å². The van der Waals surface area contributed by atoms with E-state index in [-0.39, 0.29) is 12.5 Å². The van der Waals surface area contributed by atoms with E-state index in [1.54, 1.807) is 54.4 Å². The maximum Gasteiger partial charge on any atom is 0.247 e. The zero-order valence-electron chi connectivity index (χ0n) is 13.9. The van der Waals surface area contributed by atoms with Crippen molar-refractivity contribution in [3.63, 3.8) is 0 Å². The molecule has 1 amide bonds. The van der Waals surface area contributed by atoms with Crippen molar-refractivity contribution in [2.75, 3.05) is 18.9 Å². The highest BCUT2D eigenvalue weighted by Gasteiger charge is 2.13. The average Bonchev–Trinajstić information content (AvgIpc) is 3.05. The van der Waals surface area contributed by atoms with Gasteiger partial charge in [0.1, 0.15) is 0 Å². The number of hydrogen-bond donors (Lipinski definition) is 1. The van der Waals surface area contributed by atoms with Crippen molar-refractivity contribution in [2.24, 2.45) is 0 Å². The summed E-state index contributed by atoms with van der Waals surface area (Å²) in [6, 6.07) is 14.2. The van der Waals surface area contributed by atoms with E-state index >= 15 is 0 Å². The van der Waals surface area contributed by atoms with Gasteiger partial charge in [-0.1, -0.05) is 35.3 Å². The molecule has 0 bridgehead atoms. The first-order chi connectivity index (χ1) is 12.5. The quantitative estimate of drug-likeness (QED) is 0.685. The Labute approximate surface area is 160 Å². The number of likely N-dealkylation sites (N-methyl/N-ethyl adjacent to an activating group) is 1. The Balaban J connectivity index is 1.56. The van der Waals surface area contributed by atoms with Crippen LogP contribution < -0.4 is 5.32 Å². The topological polar surface area (TPSA) is 71.3 Å². The van der Waals surface area contributed by atoms with E-state index in [1.807, 2.05) is 6.07 Å². The van der Waals surface area contributed by atoms with Crippen LogP contribution in [0.4, 0.5) is 5.69 Å². The summed E-state index contributed by atoms with van der Waals surface area (Å²) in [6.07, 6.45) is 0. The van der Waals surface area contributed by atoms with Crippen LogP contribution in [0.25, 0.3) is 11.5 Å². The molecular formula is C18H16Cl2N4O2. The predicted octanol–water partition coefficient (Wildman–Crippen LogP) is 4.11. The molecule has 134 valence electrons. The molecule has 8 heteroatoms. The second-order valence-electron chi connectivity index (χ2n) is 5.71. The molecule has 0 unspecified atom stereocenters. The maximum atomic E-state index is 12.1. The molecule has 26 heavy (non-hydrogen) atoms. The van der Waals surface area contributed by atoms with Gasteiger partial charge in [0, 0.05) is 10.6 Å². The minimum absolute atomic E-state index is 0.157. The van der Waals surface area contributed by atoms with Crippen molar-refractivity contribution in [3.8, 4) is 11.5 Å². The Morgan fingerprint density at radius 1 is 1.12 bits per heavy atom. The first-order valence-electron chi connectivity index (χ1n) is 7.82. The minimum atomic E-state index is -0.182. The lowest BCUT2D eigenvalue weighted by Crippen LogP contribution is -2.30. The van der Waals surface area contributed by atoms with Gasteiger partial charge in [-0.25, -0.2) is 0 Å². The zero-order chi connectivity index (χ0) is 18.5. The fourth-order valence-electron chi connectivity index (χ4n) is 2.31. The van der Waals surface area contributed by atoms with Crippen LogP contribution in [0.3, 0.4) is 0 Å². The van der Waals surface area contributed by atoms with Crippen LogP contribution in [0.15, 0.2) is 52.9 Å². The lowest BCUT2D eigenvalue weighted by molar-refractivity contribution is -0.117. The Morgan fingerprint density at radius 2 is 1.85 bits per heavy atom. The molecule has 2 aromatic carbocycles. The van der Waals surface area contributed by atoms with Crippen molar-refractivity contribution in [1.82, 2.24) is 15.1 Å². The average molecular weight is 391 g/mol. The molecule has 3 aromatic rings. The number of aromatic nitrogens is 2. The van der Waals surface area contributed by atoms with Crippen molar-refractivity contribution in [1.29, 1.82) is 0 Å². The van der Waals surface area contributed by atoms with Crippen LogP contribution in [-0.4, -0.2) is 34.6 Å². The summed E-state index contributed by atoms with van der Waals surface area (Å²) in [4.78, 5) is 13.9. The number of halogens is 2. The van der Waals surface area contributed by atoms with Gasteiger partial charge in [0.15, 0.2) is 0 Å². The van der Waals surface area contributed by atoms with Crippen LogP contribution in [0, 0.1) is 0 Å². The second kappa shape index (κ2) is 8.31. The van der Waals surface area contributed by atoms with E-state index in [4.69, 9.17) is 27.6 Å². The summed E-state index contributed by atoms with van der Waals surface area (Å²) in [7, 11) is 1.79. The molecule has 6 nitrogen and oxygen atoms in total. The van der Waals surface area contributed by atoms with E-state index in [1.165, 1.54) is 0 Å². The maximum absolute atomic E-state index is 12.1. The van der Waals surface area contributed by atoms with Gasteiger partial charge in [0.05, 0.1) is 23.8 Å². The predicted molar refractivity (Wildman–Crippen MR) is 101 cm³/mol. The van der Waals surface area contributed by atoms with E-state index in [9.17, 15) is 4.79 Å². The van der Waals surface area contributed by atoms with Gasteiger partial charge in [-0.15, -0.1) is 10.2 Å². The van der Waals surface area contributed by atoms with E-state index < -0.39 is 0 Å². The summed E-state index contributed by atoms with van der Waals surface area (Å²) in [5.41, 5.74) is 1.36. The summed E-state index contributed by atoms with van der Waals surface area (Å²) in [5, 5.41) is 11.9. The molecule has 0 aliphatic heterocycles. The van der Waals surface area contributed by atoms with Crippen molar-refractivity contribution in [2.45, 2.75) is 6.54 Å². The highest BCUT2D eigenvalue weighted by molar-refractivity contribution is 6.33. The molecule has 0 fully saturated rings. The zero-order valence-corrected chi connectivity index (χ0v) is 15.5. The normalized spacial score (nSPS) is 10.9. The lowest BCUT2D eigenvalue weighted by Gasteiger charge is -2.14. The summed E-state index contributed by atoms with van der Waals surface area (Å²) in [6.45, 7) is 0.500. The van der Waals surface area contributed by atoms with Gasteiger partial charge in [0.25, 0.3) is 0 Å². The van der Waals surface area contributed by atoms with Crippen molar-refractivity contribution >= 4 is 34.8 Å². The van der Waals surface area contributed by atoms with Gasteiger partial charge in [-0.3, -0.25) is 9.69 Å². The van der Waals surface area contributed by atoms with Gasteiger partial charge >= 0.3 is 0 Å². The van der Waals surface area contributed by atoms with E-state index in [0.717, 1.165) is 5.56 Å². The lowest BCUT2D eigenvalue weighted by atomic mass is 10.2. The van der Waals surface area contributed by atoms with Crippen LogP contribution in [-0.2, 0) is 11.3 Å². The molecule has 0 saturated carbocycles. The number of benzene rings is 2. The summed E-state index contributed by atoms with van der Waals surface area (Å²) < 4.78 is 5.64. The smallest absolute Gasteiger partial charge is 0.247 e. The highest BCUT2D eigenvalue weighted by atomic mass is 35.5. The number of anilines is 1. The minimum Gasteiger partial charge on any atom is -0.419 e. The van der Waals surface area contributed by atoms with Gasteiger partial charge in [-0.05, 0) is 43.4 Å². The Hall–Kier alpha value is -2.41. The Morgan fingerprint density at radius 3 is 2.58 bits per heavy atom. The van der Waals surface area contributed by atoms with Gasteiger partial charge in [-0.2, -0.15) is 0 Å². The second-order valence-corrected chi connectivity index (χ2v) is 6.55. The third-order valence-corrected chi connectivity index (χ3v) is 4.11. The first kappa shape index (κ1) is 18.4. The molecule has 0 saturated heterocycles. The fourth-order valence-corrected chi connectivity index (χ4v) is 2.62. The number of para-hydroxylation sites is 1. The summed E-state index contributed by atoms with van der Waals surface area (Å²) >= 11 is 11.9. The van der Waals surface area contributed by atoms with Crippen LogP contribution in [0.2, 0.25) is 10.0 Å². The first-order valence-corrected chi connectivity index (χ1v) is 8.58. The highest BCUT2D eigenvalue weighted by Crippen LogP contribution is 2.21. The fraction of sp³-hybridized carbons (Fsp3) is 0.167.